The maximum atomic E-state index is 12.7. The normalized spacial score (nSPS) is 27.3. The molecule has 6 heteroatoms. The number of alkyl halides is 3. The zero-order chi connectivity index (χ0) is 15.5. The molecule has 22 heavy (non-hydrogen) atoms. The second-order valence-corrected chi connectivity index (χ2v) is 6.20. The highest BCUT2D eigenvalue weighted by Crippen LogP contribution is 2.59. The van der Waals surface area contributed by atoms with Gasteiger partial charge in [0.1, 0.15) is 5.82 Å². The van der Waals surface area contributed by atoms with Crippen LogP contribution in [-0.4, -0.2) is 24.2 Å². The van der Waals surface area contributed by atoms with Crippen LogP contribution >= 0.6 is 0 Å². The molecule has 1 aromatic carbocycles. The van der Waals surface area contributed by atoms with E-state index in [0.29, 0.717) is 19.6 Å². The molecule has 3 atom stereocenters. The zero-order valence-corrected chi connectivity index (χ0v) is 11.8. The number of rotatable bonds is 2. The second kappa shape index (κ2) is 4.59. The predicted octanol–water partition coefficient (Wildman–Crippen LogP) is 2.94. The van der Waals surface area contributed by atoms with E-state index in [9.17, 15) is 13.2 Å². The maximum Gasteiger partial charge on any atom is 0.392 e. The van der Waals surface area contributed by atoms with Crippen LogP contribution in [0.15, 0.2) is 30.3 Å². The van der Waals surface area contributed by atoms with E-state index in [-0.39, 0.29) is 11.8 Å². The van der Waals surface area contributed by atoms with Gasteiger partial charge in [-0.3, -0.25) is 0 Å². The number of nitrogens with two attached hydrogens (primary N) is 1. The SMILES string of the molecule is NCc1ccc2nc(N3C[C@@H]4C(C(F)(F)F)[C@@H]4C3)ccc2c1. The van der Waals surface area contributed by atoms with Crippen molar-refractivity contribution in [1.82, 2.24) is 4.98 Å². The third-order valence-corrected chi connectivity index (χ3v) is 4.87. The fraction of sp³-hybridized carbons (Fsp3) is 0.438. The smallest absolute Gasteiger partial charge is 0.356 e. The van der Waals surface area contributed by atoms with Crippen molar-refractivity contribution in [3.8, 4) is 0 Å². The van der Waals surface area contributed by atoms with E-state index in [4.69, 9.17) is 5.73 Å². The Labute approximate surface area is 125 Å². The maximum absolute atomic E-state index is 12.7. The molecule has 3 nitrogen and oxygen atoms in total. The summed E-state index contributed by atoms with van der Waals surface area (Å²) >= 11 is 0. The van der Waals surface area contributed by atoms with Crippen molar-refractivity contribution in [1.29, 1.82) is 0 Å². The Balaban J connectivity index is 1.54. The Bertz CT molecular complexity index is 716. The molecule has 1 unspecified atom stereocenters. The van der Waals surface area contributed by atoms with Crippen molar-refractivity contribution in [2.45, 2.75) is 12.7 Å². The fourth-order valence-electron chi connectivity index (χ4n) is 3.67. The molecular weight excluding hydrogens is 291 g/mol. The molecule has 0 bridgehead atoms. The highest BCUT2D eigenvalue weighted by Gasteiger charge is 2.67. The highest BCUT2D eigenvalue weighted by molar-refractivity contribution is 5.81. The van der Waals surface area contributed by atoms with Crippen LogP contribution in [0.25, 0.3) is 10.9 Å². The quantitative estimate of drug-likeness (QED) is 0.927. The predicted molar refractivity (Wildman–Crippen MR) is 78.4 cm³/mol. The van der Waals surface area contributed by atoms with Crippen LogP contribution in [0.2, 0.25) is 0 Å². The van der Waals surface area contributed by atoms with Crippen LogP contribution in [0.3, 0.4) is 0 Å². The van der Waals surface area contributed by atoms with Crippen molar-refractivity contribution in [3.63, 3.8) is 0 Å². The Morgan fingerprint density at radius 2 is 1.86 bits per heavy atom. The average molecular weight is 307 g/mol. The Morgan fingerprint density at radius 3 is 2.50 bits per heavy atom. The van der Waals surface area contributed by atoms with Crippen LogP contribution in [0.1, 0.15) is 5.56 Å². The molecule has 0 radical (unpaired) electrons. The van der Waals surface area contributed by atoms with E-state index in [1.165, 1.54) is 0 Å². The van der Waals surface area contributed by atoms with Gasteiger partial charge < -0.3 is 10.6 Å². The summed E-state index contributed by atoms with van der Waals surface area (Å²) in [7, 11) is 0. The lowest BCUT2D eigenvalue weighted by Gasteiger charge is -2.22. The topological polar surface area (TPSA) is 42.1 Å². The lowest BCUT2D eigenvalue weighted by Crippen LogP contribution is -2.28. The number of halogens is 3. The van der Waals surface area contributed by atoms with Gasteiger partial charge in [-0.05, 0) is 41.7 Å². The van der Waals surface area contributed by atoms with Gasteiger partial charge in [0.2, 0.25) is 0 Å². The molecule has 4 rings (SSSR count). The monoisotopic (exact) mass is 307 g/mol. The Hall–Kier alpha value is -1.82. The lowest BCUT2D eigenvalue weighted by molar-refractivity contribution is -0.154. The molecule has 0 spiro atoms. The lowest BCUT2D eigenvalue weighted by atomic mass is 10.1. The molecule has 1 saturated heterocycles. The summed E-state index contributed by atoms with van der Waals surface area (Å²) < 4.78 is 38.2. The first-order chi connectivity index (χ1) is 10.5. The molecule has 2 fully saturated rings. The van der Waals surface area contributed by atoms with E-state index in [0.717, 1.165) is 22.3 Å². The third-order valence-electron chi connectivity index (χ3n) is 4.87. The first kappa shape index (κ1) is 13.8. The van der Waals surface area contributed by atoms with Crippen molar-refractivity contribution in [3.05, 3.63) is 35.9 Å². The van der Waals surface area contributed by atoms with E-state index >= 15 is 0 Å². The Morgan fingerprint density at radius 1 is 1.14 bits per heavy atom. The number of fused-ring (bicyclic) bond motifs is 2. The summed E-state index contributed by atoms with van der Waals surface area (Å²) in [5.41, 5.74) is 7.51. The molecule has 1 aliphatic carbocycles. The second-order valence-electron chi connectivity index (χ2n) is 6.20. The van der Waals surface area contributed by atoms with Crippen LogP contribution < -0.4 is 10.6 Å². The largest absolute Gasteiger partial charge is 0.392 e. The molecular formula is C16H16F3N3. The first-order valence-corrected chi connectivity index (χ1v) is 7.39. The summed E-state index contributed by atoms with van der Waals surface area (Å²) in [6.07, 6.45) is -4.04. The van der Waals surface area contributed by atoms with Gasteiger partial charge in [0.25, 0.3) is 0 Å². The van der Waals surface area contributed by atoms with Gasteiger partial charge in [-0.15, -0.1) is 0 Å². The average Bonchev–Trinajstić information content (AvgIpc) is 3.03. The minimum absolute atomic E-state index is 0.253. The van der Waals surface area contributed by atoms with Crippen LogP contribution in [0, 0.1) is 17.8 Å². The van der Waals surface area contributed by atoms with Crippen LogP contribution in [0.5, 0.6) is 0 Å². The third kappa shape index (κ3) is 2.13. The first-order valence-electron chi connectivity index (χ1n) is 7.39. The fourth-order valence-corrected chi connectivity index (χ4v) is 3.67. The molecule has 2 aromatic rings. The van der Waals surface area contributed by atoms with Crippen molar-refractivity contribution in [2.75, 3.05) is 18.0 Å². The molecule has 0 amide bonds. The number of nitrogens with zero attached hydrogens (tertiary/aromatic N) is 2. The summed E-state index contributed by atoms with van der Waals surface area (Å²) in [4.78, 5) is 6.54. The summed E-state index contributed by atoms with van der Waals surface area (Å²) in [6.45, 7) is 1.38. The van der Waals surface area contributed by atoms with Gasteiger partial charge >= 0.3 is 6.18 Å². The summed E-state index contributed by atoms with van der Waals surface area (Å²) in [6, 6.07) is 9.68. The van der Waals surface area contributed by atoms with E-state index in [2.05, 4.69) is 4.98 Å². The van der Waals surface area contributed by atoms with Crippen molar-refractivity contribution >= 4 is 16.7 Å². The summed E-state index contributed by atoms with van der Waals surface area (Å²) in [5.74, 6) is -0.841. The molecule has 2 aliphatic rings. The number of piperidine rings is 1. The van der Waals surface area contributed by atoms with Gasteiger partial charge in [0, 0.05) is 25.0 Å². The number of hydrogen-bond donors (Lipinski definition) is 1. The van der Waals surface area contributed by atoms with Gasteiger partial charge in [-0.2, -0.15) is 13.2 Å². The number of anilines is 1. The van der Waals surface area contributed by atoms with E-state index < -0.39 is 12.1 Å². The zero-order valence-electron chi connectivity index (χ0n) is 11.8. The molecule has 2 heterocycles. The number of pyridine rings is 1. The minimum atomic E-state index is -4.04. The number of hydrogen-bond acceptors (Lipinski definition) is 3. The Kier molecular flexibility index (Phi) is 2.88. The van der Waals surface area contributed by atoms with Crippen LogP contribution in [0.4, 0.5) is 19.0 Å². The minimum Gasteiger partial charge on any atom is -0.356 e. The molecule has 1 aromatic heterocycles. The molecule has 2 N–H and O–H groups in total. The van der Waals surface area contributed by atoms with Gasteiger partial charge in [-0.1, -0.05) is 6.07 Å². The molecule has 116 valence electrons. The summed E-state index contributed by atoms with van der Waals surface area (Å²) in [5, 5.41) is 1.00. The highest BCUT2D eigenvalue weighted by atomic mass is 19.4. The van der Waals surface area contributed by atoms with Crippen molar-refractivity contribution in [2.24, 2.45) is 23.5 Å². The van der Waals surface area contributed by atoms with Gasteiger partial charge in [0.15, 0.2) is 0 Å². The van der Waals surface area contributed by atoms with Gasteiger partial charge in [-0.25, -0.2) is 4.98 Å². The van der Waals surface area contributed by atoms with E-state index in [1.54, 1.807) is 0 Å². The van der Waals surface area contributed by atoms with Gasteiger partial charge in [0.05, 0.1) is 11.4 Å². The van der Waals surface area contributed by atoms with E-state index in [1.807, 2.05) is 35.2 Å². The van der Waals surface area contributed by atoms with Crippen LogP contribution in [-0.2, 0) is 6.54 Å². The standard InChI is InChI=1S/C16H16F3N3/c17-16(18,19)15-11-7-22(8-12(11)15)14-4-2-10-5-9(6-20)1-3-13(10)21-14/h1-5,11-12,15H,6-8,20H2/t11-,12+,15?. The van der Waals surface area contributed by atoms with Crippen molar-refractivity contribution < 1.29 is 13.2 Å². The molecule has 1 saturated carbocycles. The number of aromatic nitrogens is 1. The molecule has 1 aliphatic heterocycles. The number of benzene rings is 1.